The van der Waals surface area contributed by atoms with Crippen molar-refractivity contribution in [2.24, 2.45) is 0 Å². The van der Waals surface area contributed by atoms with Crippen LogP contribution in [0.25, 0.3) is 22.3 Å². The van der Waals surface area contributed by atoms with Gasteiger partial charge in [-0.3, -0.25) is 4.79 Å². The minimum atomic E-state index is -2.04. The molecule has 3 aliphatic heterocycles. The Balaban J connectivity index is 1.44. The van der Waals surface area contributed by atoms with Gasteiger partial charge in [0.05, 0.1) is 30.9 Å². The first-order chi connectivity index (χ1) is 24.2. The van der Waals surface area contributed by atoms with Crippen LogP contribution in [0.15, 0.2) is 39.5 Å². The number of hydrogen-bond donors (Lipinski definition) is 13. The lowest BCUT2D eigenvalue weighted by Crippen LogP contribution is -2.60. The molecule has 0 spiro atoms. The van der Waals surface area contributed by atoms with Crippen LogP contribution in [0.4, 0.5) is 0 Å². The van der Waals surface area contributed by atoms with Gasteiger partial charge in [-0.1, -0.05) is 0 Å². The molecule has 0 radical (unpaired) electrons. The summed E-state index contributed by atoms with van der Waals surface area (Å²) in [6.45, 7) is -2.11. The number of ether oxygens (including phenoxy) is 4. The molecule has 3 aromatic rings. The normalized spacial score (nSPS) is 37.4. The van der Waals surface area contributed by atoms with Crippen LogP contribution in [0, 0.1) is 0 Å². The Morgan fingerprint density at radius 3 is 1.88 bits per heavy atom. The second-order valence-electron chi connectivity index (χ2n) is 12.6. The largest absolute Gasteiger partial charge is 0.507 e. The van der Waals surface area contributed by atoms with E-state index in [2.05, 4.69) is 0 Å². The van der Waals surface area contributed by atoms with Crippen molar-refractivity contribution >= 4 is 11.0 Å². The standard InChI is InChI=1S/C32H38O19/c33-6-14-20(38)24(42)27(45)31(50-14)17-22(40)16-11(35)5-13(49-29(16)18(23(17)41)30-26(44)19(37)12(36)8-47-30)9-1-3-10(4-2-9)48-32-28(46)25(43)21(39)15(7-34)51-32/h1-5,12,14-15,19-21,24-28,30-34,36-46H,6-8H2/t12-,14-,15-,19+,20+,21+,24-,25-,26+,27+,28-,30+,31-,32+/m0/s1. The number of phenols is 2. The van der Waals surface area contributed by atoms with E-state index in [1.807, 2.05) is 0 Å². The quantitative estimate of drug-likeness (QED) is 0.110. The van der Waals surface area contributed by atoms with Gasteiger partial charge < -0.3 is 89.7 Å². The van der Waals surface area contributed by atoms with Crippen molar-refractivity contribution in [1.29, 1.82) is 0 Å². The zero-order valence-corrected chi connectivity index (χ0v) is 26.4. The fraction of sp³-hybridized carbons (Fsp3) is 0.531. The van der Waals surface area contributed by atoms with Crippen molar-refractivity contribution in [2.75, 3.05) is 19.8 Å². The summed E-state index contributed by atoms with van der Waals surface area (Å²) in [5.74, 6) is -2.10. The van der Waals surface area contributed by atoms with Crippen molar-refractivity contribution in [1.82, 2.24) is 0 Å². The van der Waals surface area contributed by atoms with E-state index in [1.54, 1.807) is 0 Å². The molecule has 0 amide bonds. The van der Waals surface area contributed by atoms with Crippen LogP contribution in [-0.4, -0.2) is 160 Å². The number of benzene rings is 2. The molecule has 280 valence electrons. The summed E-state index contributed by atoms with van der Waals surface area (Å²) in [6, 6.07) is 6.42. The Bertz CT molecular complexity index is 1760. The molecule has 0 unspecified atom stereocenters. The van der Waals surface area contributed by atoms with E-state index < -0.39 is 144 Å². The van der Waals surface area contributed by atoms with Gasteiger partial charge in [0.1, 0.15) is 108 Å². The van der Waals surface area contributed by atoms with E-state index in [4.69, 9.17) is 23.4 Å². The highest BCUT2D eigenvalue weighted by Crippen LogP contribution is 2.50. The van der Waals surface area contributed by atoms with Gasteiger partial charge >= 0.3 is 0 Å². The average Bonchev–Trinajstić information content (AvgIpc) is 3.11. The highest BCUT2D eigenvalue weighted by molar-refractivity contribution is 5.92. The summed E-state index contributed by atoms with van der Waals surface area (Å²) in [5.41, 5.74) is -2.55. The van der Waals surface area contributed by atoms with Crippen LogP contribution in [0.1, 0.15) is 23.3 Å². The fourth-order valence-electron chi connectivity index (χ4n) is 6.48. The Morgan fingerprint density at radius 2 is 1.25 bits per heavy atom. The number of phenolic OH excluding ortho intramolecular Hbond substituents is 2. The number of hydrogen-bond acceptors (Lipinski definition) is 19. The summed E-state index contributed by atoms with van der Waals surface area (Å²) in [4.78, 5) is 13.7. The molecular formula is C32H38O19. The second kappa shape index (κ2) is 14.5. The van der Waals surface area contributed by atoms with E-state index in [1.165, 1.54) is 24.3 Å². The van der Waals surface area contributed by atoms with Gasteiger partial charge in [-0.15, -0.1) is 0 Å². The van der Waals surface area contributed by atoms with Gasteiger partial charge in [-0.05, 0) is 24.3 Å². The maximum atomic E-state index is 13.7. The number of fused-ring (bicyclic) bond motifs is 1. The van der Waals surface area contributed by atoms with Crippen LogP contribution >= 0.6 is 0 Å². The van der Waals surface area contributed by atoms with E-state index in [-0.39, 0.29) is 17.1 Å². The lowest BCUT2D eigenvalue weighted by Gasteiger charge is -2.41. The third-order valence-electron chi connectivity index (χ3n) is 9.40. The summed E-state index contributed by atoms with van der Waals surface area (Å²) in [7, 11) is 0. The molecule has 19 nitrogen and oxygen atoms in total. The van der Waals surface area contributed by atoms with Crippen molar-refractivity contribution in [3.63, 3.8) is 0 Å². The monoisotopic (exact) mass is 726 g/mol. The zero-order chi connectivity index (χ0) is 37.0. The molecule has 19 heteroatoms. The molecule has 51 heavy (non-hydrogen) atoms. The Morgan fingerprint density at radius 1 is 0.667 bits per heavy atom. The summed E-state index contributed by atoms with van der Waals surface area (Å²) < 4.78 is 28.0. The highest BCUT2D eigenvalue weighted by Gasteiger charge is 2.49. The first kappa shape index (κ1) is 37.3. The SMILES string of the molecule is O=c1cc(-c2ccc(O[C@@H]3O[C@@H](CO)[C@@H](O)[C@H](O)[C@@H]3O)cc2)oc2c([C@H]3OC[C@H](O)[C@@H](O)[C@H]3O)c(O)c([C@@H]3O[C@@H](CO)[C@@H](O)[C@H](O)[C@H]3O)c(O)c12. The molecule has 0 bridgehead atoms. The third-order valence-corrected chi connectivity index (χ3v) is 9.40. The fourth-order valence-corrected chi connectivity index (χ4v) is 6.48. The van der Waals surface area contributed by atoms with Gasteiger partial charge in [-0.2, -0.15) is 0 Å². The van der Waals surface area contributed by atoms with Crippen molar-refractivity contribution in [3.8, 4) is 28.6 Å². The highest BCUT2D eigenvalue weighted by atomic mass is 16.7. The second-order valence-corrected chi connectivity index (χ2v) is 12.6. The van der Waals surface area contributed by atoms with E-state index >= 15 is 0 Å². The molecule has 1 aromatic heterocycles. The van der Waals surface area contributed by atoms with Crippen molar-refractivity contribution in [2.45, 2.75) is 85.6 Å². The molecule has 2 aromatic carbocycles. The number of aliphatic hydroxyl groups is 11. The van der Waals surface area contributed by atoms with E-state index in [0.717, 1.165) is 6.07 Å². The zero-order valence-electron chi connectivity index (χ0n) is 26.4. The topological polar surface area (TPSA) is 330 Å². The molecule has 4 heterocycles. The van der Waals surface area contributed by atoms with E-state index in [9.17, 15) is 71.2 Å². The van der Waals surface area contributed by atoms with Gasteiger partial charge in [0.2, 0.25) is 6.29 Å². The Labute approximate surface area is 286 Å². The summed E-state index contributed by atoms with van der Waals surface area (Å²) in [6.07, 6.45) is -24.0. The minimum Gasteiger partial charge on any atom is -0.507 e. The van der Waals surface area contributed by atoms with Gasteiger partial charge in [0, 0.05) is 11.6 Å². The molecule has 14 atom stereocenters. The van der Waals surface area contributed by atoms with Gasteiger partial charge in [-0.25, -0.2) is 0 Å². The molecule has 0 aliphatic carbocycles. The molecule has 0 saturated carbocycles. The number of aromatic hydroxyl groups is 2. The van der Waals surface area contributed by atoms with Crippen LogP contribution in [0.2, 0.25) is 0 Å². The first-order valence-corrected chi connectivity index (χ1v) is 15.8. The summed E-state index contributed by atoms with van der Waals surface area (Å²) in [5, 5.41) is 135. The van der Waals surface area contributed by atoms with Crippen LogP contribution in [-0.2, 0) is 14.2 Å². The van der Waals surface area contributed by atoms with Crippen molar-refractivity contribution < 1.29 is 89.7 Å². The average molecular weight is 727 g/mol. The molecule has 13 N–H and O–H groups in total. The first-order valence-electron chi connectivity index (χ1n) is 15.8. The maximum Gasteiger partial charge on any atom is 0.229 e. The summed E-state index contributed by atoms with van der Waals surface area (Å²) >= 11 is 0. The van der Waals surface area contributed by atoms with Gasteiger partial charge in [0.15, 0.2) is 11.0 Å². The molecule has 3 saturated heterocycles. The maximum absolute atomic E-state index is 13.7. The Hall–Kier alpha value is -3.51. The minimum absolute atomic E-state index is 0.0673. The Kier molecular flexibility index (Phi) is 10.6. The van der Waals surface area contributed by atoms with Gasteiger partial charge in [0.25, 0.3) is 0 Å². The molecule has 3 aliphatic rings. The number of aliphatic hydroxyl groups excluding tert-OH is 11. The predicted octanol–water partition coefficient (Wildman–Crippen LogP) is -4.28. The lowest BCUT2D eigenvalue weighted by molar-refractivity contribution is -0.277. The van der Waals surface area contributed by atoms with Crippen LogP contribution < -0.4 is 10.2 Å². The van der Waals surface area contributed by atoms with Crippen LogP contribution in [0.5, 0.6) is 17.2 Å². The smallest absolute Gasteiger partial charge is 0.229 e. The number of rotatable bonds is 7. The molecule has 3 fully saturated rings. The molecular weight excluding hydrogens is 688 g/mol. The molecule has 6 rings (SSSR count). The third kappa shape index (κ3) is 6.44. The van der Waals surface area contributed by atoms with Crippen molar-refractivity contribution in [3.05, 3.63) is 51.7 Å². The van der Waals surface area contributed by atoms with Crippen LogP contribution in [0.3, 0.4) is 0 Å². The lowest BCUT2D eigenvalue weighted by atomic mass is 9.85. The predicted molar refractivity (Wildman–Crippen MR) is 165 cm³/mol. The van der Waals surface area contributed by atoms with E-state index in [0.29, 0.717) is 0 Å².